The number of hydrogen-bond donors (Lipinski definition) is 1. The first-order valence-corrected chi connectivity index (χ1v) is 4.73. The molecule has 0 amide bonds. The standard InChI is InChI=1S/C9H6Cl3N/c10-3-1-2-6-4-7(11)9(13)8(12)5-6/h4-5H,3,13H2. The van der Waals surface area contributed by atoms with Gasteiger partial charge in [-0.1, -0.05) is 35.0 Å². The maximum Gasteiger partial charge on any atom is 0.0839 e. The van der Waals surface area contributed by atoms with Gasteiger partial charge in [-0.05, 0) is 12.1 Å². The van der Waals surface area contributed by atoms with Gasteiger partial charge in [0.05, 0.1) is 21.6 Å². The maximum absolute atomic E-state index is 5.79. The first-order valence-electron chi connectivity index (χ1n) is 3.44. The summed E-state index contributed by atoms with van der Waals surface area (Å²) in [5.41, 5.74) is 6.63. The van der Waals surface area contributed by atoms with Crippen molar-refractivity contribution in [3.63, 3.8) is 0 Å². The van der Waals surface area contributed by atoms with Crippen molar-refractivity contribution < 1.29 is 0 Å². The summed E-state index contributed by atoms with van der Waals surface area (Å²) < 4.78 is 0. The van der Waals surface area contributed by atoms with E-state index in [1.54, 1.807) is 12.1 Å². The first kappa shape index (κ1) is 10.5. The van der Waals surface area contributed by atoms with Crippen molar-refractivity contribution in [3.05, 3.63) is 27.7 Å². The molecule has 0 spiro atoms. The van der Waals surface area contributed by atoms with E-state index in [2.05, 4.69) is 11.8 Å². The van der Waals surface area contributed by atoms with Crippen molar-refractivity contribution in [2.45, 2.75) is 0 Å². The Morgan fingerprint density at radius 1 is 1.23 bits per heavy atom. The third kappa shape index (κ3) is 2.70. The molecule has 0 aliphatic carbocycles. The molecule has 0 aromatic heterocycles. The molecule has 1 rings (SSSR count). The number of benzene rings is 1. The topological polar surface area (TPSA) is 26.0 Å². The third-order valence-electron chi connectivity index (χ3n) is 1.38. The van der Waals surface area contributed by atoms with Crippen LogP contribution in [-0.4, -0.2) is 5.88 Å². The Labute approximate surface area is 91.8 Å². The van der Waals surface area contributed by atoms with Crippen LogP contribution in [0.4, 0.5) is 5.69 Å². The monoisotopic (exact) mass is 233 g/mol. The number of anilines is 1. The zero-order valence-corrected chi connectivity index (χ0v) is 8.84. The average Bonchev–Trinajstić information content (AvgIpc) is 2.10. The Kier molecular flexibility index (Phi) is 3.74. The lowest BCUT2D eigenvalue weighted by molar-refractivity contribution is 1.62. The van der Waals surface area contributed by atoms with E-state index in [1.165, 1.54) is 0 Å². The second-order valence-corrected chi connectivity index (χ2v) is 3.37. The van der Waals surface area contributed by atoms with Gasteiger partial charge in [-0.25, -0.2) is 0 Å². The predicted molar refractivity (Wildman–Crippen MR) is 58.5 cm³/mol. The average molecular weight is 235 g/mol. The molecule has 0 radical (unpaired) electrons. The van der Waals surface area contributed by atoms with E-state index in [9.17, 15) is 0 Å². The molecular weight excluding hydrogens is 228 g/mol. The zero-order chi connectivity index (χ0) is 9.84. The molecule has 0 saturated heterocycles. The van der Waals surface area contributed by atoms with Crippen LogP contribution >= 0.6 is 34.8 Å². The summed E-state index contributed by atoms with van der Waals surface area (Å²) in [6.07, 6.45) is 0. The van der Waals surface area contributed by atoms with Gasteiger partial charge in [-0.15, -0.1) is 11.6 Å². The van der Waals surface area contributed by atoms with Gasteiger partial charge in [0.15, 0.2) is 0 Å². The second kappa shape index (κ2) is 4.62. The van der Waals surface area contributed by atoms with Crippen LogP contribution in [-0.2, 0) is 0 Å². The molecule has 1 aromatic rings. The Bertz CT molecular complexity index is 353. The molecule has 1 nitrogen and oxygen atoms in total. The molecule has 0 bridgehead atoms. The van der Waals surface area contributed by atoms with Crippen LogP contribution in [0.3, 0.4) is 0 Å². The smallest absolute Gasteiger partial charge is 0.0839 e. The Hall–Kier alpha value is -0.550. The molecule has 0 unspecified atom stereocenters. The van der Waals surface area contributed by atoms with Crippen LogP contribution in [0.2, 0.25) is 10.0 Å². The van der Waals surface area contributed by atoms with E-state index < -0.39 is 0 Å². The minimum atomic E-state index is 0.277. The van der Waals surface area contributed by atoms with Crippen molar-refractivity contribution in [1.29, 1.82) is 0 Å². The predicted octanol–water partition coefficient (Wildman–Crippen LogP) is 3.17. The molecular formula is C9H6Cl3N. The van der Waals surface area contributed by atoms with Gasteiger partial charge in [-0.3, -0.25) is 0 Å². The van der Waals surface area contributed by atoms with Gasteiger partial charge < -0.3 is 5.73 Å². The van der Waals surface area contributed by atoms with E-state index >= 15 is 0 Å². The van der Waals surface area contributed by atoms with Crippen molar-refractivity contribution >= 4 is 40.5 Å². The first-order chi connectivity index (χ1) is 6.15. The summed E-state index contributed by atoms with van der Waals surface area (Å²) in [4.78, 5) is 0. The maximum atomic E-state index is 5.79. The number of halogens is 3. The summed E-state index contributed by atoms with van der Waals surface area (Å²) in [6.45, 7) is 0. The minimum Gasteiger partial charge on any atom is -0.396 e. The highest BCUT2D eigenvalue weighted by Gasteiger charge is 2.02. The summed E-state index contributed by atoms with van der Waals surface area (Å²) in [5, 5.41) is 0.817. The molecule has 4 heteroatoms. The fraction of sp³-hybridized carbons (Fsp3) is 0.111. The van der Waals surface area contributed by atoms with Crippen LogP contribution in [0.15, 0.2) is 12.1 Å². The molecule has 0 saturated carbocycles. The van der Waals surface area contributed by atoms with Crippen molar-refractivity contribution in [2.24, 2.45) is 0 Å². The van der Waals surface area contributed by atoms with Gasteiger partial charge in [0, 0.05) is 5.56 Å². The van der Waals surface area contributed by atoms with Crippen molar-refractivity contribution in [3.8, 4) is 11.8 Å². The molecule has 0 atom stereocenters. The summed E-state index contributed by atoms with van der Waals surface area (Å²) in [5.74, 6) is 5.77. The van der Waals surface area contributed by atoms with Crippen LogP contribution in [0.5, 0.6) is 0 Å². The largest absolute Gasteiger partial charge is 0.396 e. The molecule has 0 aliphatic heterocycles. The second-order valence-electron chi connectivity index (χ2n) is 2.29. The van der Waals surface area contributed by atoms with E-state index in [1.807, 2.05) is 0 Å². The number of rotatable bonds is 0. The van der Waals surface area contributed by atoms with E-state index in [0.29, 0.717) is 21.3 Å². The van der Waals surface area contributed by atoms with Crippen molar-refractivity contribution in [1.82, 2.24) is 0 Å². The highest BCUT2D eigenvalue weighted by atomic mass is 35.5. The van der Waals surface area contributed by atoms with Crippen LogP contribution in [0.25, 0.3) is 0 Å². The third-order valence-corrected chi connectivity index (χ3v) is 2.14. The van der Waals surface area contributed by atoms with Crippen LogP contribution in [0.1, 0.15) is 5.56 Å². The lowest BCUT2D eigenvalue weighted by Crippen LogP contribution is -1.88. The fourth-order valence-electron chi connectivity index (χ4n) is 0.792. The highest BCUT2D eigenvalue weighted by molar-refractivity contribution is 6.39. The van der Waals surface area contributed by atoms with Gasteiger partial charge in [0.2, 0.25) is 0 Å². The van der Waals surface area contributed by atoms with Crippen molar-refractivity contribution in [2.75, 3.05) is 11.6 Å². The number of alkyl halides is 1. The quantitative estimate of drug-likeness (QED) is 0.416. The fourth-order valence-corrected chi connectivity index (χ4v) is 1.35. The summed E-state index contributed by atoms with van der Waals surface area (Å²) in [7, 11) is 0. The summed E-state index contributed by atoms with van der Waals surface area (Å²) in [6, 6.07) is 3.31. The number of hydrogen-bond acceptors (Lipinski definition) is 1. The molecule has 1 aromatic carbocycles. The Morgan fingerprint density at radius 2 is 1.77 bits per heavy atom. The zero-order valence-electron chi connectivity index (χ0n) is 6.57. The molecule has 0 heterocycles. The van der Waals surface area contributed by atoms with Gasteiger partial charge in [0.1, 0.15) is 0 Å². The molecule has 2 N–H and O–H groups in total. The lowest BCUT2D eigenvalue weighted by Gasteiger charge is -2.00. The van der Waals surface area contributed by atoms with E-state index in [4.69, 9.17) is 40.5 Å². The van der Waals surface area contributed by atoms with Gasteiger partial charge in [-0.2, -0.15) is 0 Å². The van der Waals surface area contributed by atoms with E-state index in [0.717, 1.165) is 0 Å². The van der Waals surface area contributed by atoms with E-state index in [-0.39, 0.29) is 5.88 Å². The lowest BCUT2D eigenvalue weighted by atomic mass is 10.2. The summed E-state index contributed by atoms with van der Waals surface area (Å²) >= 11 is 17.0. The van der Waals surface area contributed by atoms with Gasteiger partial charge in [0.25, 0.3) is 0 Å². The Balaban J connectivity index is 3.13. The molecule has 13 heavy (non-hydrogen) atoms. The molecule has 0 fully saturated rings. The SMILES string of the molecule is Nc1c(Cl)cc(C#CCCl)cc1Cl. The highest BCUT2D eigenvalue weighted by Crippen LogP contribution is 2.28. The molecule has 0 aliphatic rings. The van der Waals surface area contributed by atoms with Crippen LogP contribution in [0, 0.1) is 11.8 Å². The van der Waals surface area contributed by atoms with Crippen LogP contribution < -0.4 is 5.73 Å². The number of nitrogen functional groups attached to an aromatic ring is 1. The Morgan fingerprint density at radius 3 is 2.23 bits per heavy atom. The number of nitrogens with two attached hydrogens (primary N) is 1. The minimum absolute atomic E-state index is 0.277. The molecule has 68 valence electrons. The normalized spacial score (nSPS) is 9.15. The van der Waals surface area contributed by atoms with Gasteiger partial charge >= 0.3 is 0 Å².